The summed E-state index contributed by atoms with van der Waals surface area (Å²) in [5.41, 5.74) is 2.65. The van der Waals surface area contributed by atoms with E-state index in [-0.39, 0.29) is 17.7 Å². The van der Waals surface area contributed by atoms with Gasteiger partial charge in [-0.2, -0.15) is 5.10 Å². The molecule has 0 saturated carbocycles. The van der Waals surface area contributed by atoms with Gasteiger partial charge in [-0.05, 0) is 43.0 Å². The molecule has 0 saturated heterocycles. The number of nitrogens with zero attached hydrogens (tertiary/aromatic N) is 2. The average molecular weight is 358 g/mol. The second-order valence-electron chi connectivity index (χ2n) is 5.69. The highest BCUT2D eigenvalue weighted by Gasteiger charge is 2.30. The number of hydrogen-bond donors (Lipinski definition) is 0. The van der Waals surface area contributed by atoms with Gasteiger partial charge in [0, 0.05) is 17.7 Å². The Labute approximate surface area is 150 Å². The summed E-state index contributed by atoms with van der Waals surface area (Å²) < 4.78 is 18.2. The van der Waals surface area contributed by atoms with Crippen molar-refractivity contribution in [3.8, 4) is 0 Å². The SMILES string of the molecule is CCOC(=O)/C=C(/C)N1C[C@@H](c2ccc(F)cc2)C(c2cccs2)=N1. The summed E-state index contributed by atoms with van der Waals surface area (Å²) in [5.74, 6) is -0.616. The molecule has 0 bridgehead atoms. The lowest BCUT2D eigenvalue weighted by Gasteiger charge is -2.16. The van der Waals surface area contributed by atoms with Gasteiger partial charge < -0.3 is 4.74 Å². The third kappa shape index (κ3) is 3.96. The van der Waals surface area contributed by atoms with Crippen LogP contribution >= 0.6 is 11.3 Å². The first-order valence-electron chi connectivity index (χ1n) is 8.09. The highest BCUT2D eigenvalue weighted by molar-refractivity contribution is 7.12. The molecule has 4 nitrogen and oxygen atoms in total. The van der Waals surface area contributed by atoms with E-state index in [0.29, 0.717) is 13.2 Å². The van der Waals surface area contributed by atoms with Crippen LogP contribution in [0.5, 0.6) is 0 Å². The summed E-state index contributed by atoms with van der Waals surface area (Å²) in [6.07, 6.45) is 1.45. The monoisotopic (exact) mass is 358 g/mol. The molecular weight excluding hydrogens is 339 g/mol. The van der Waals surface area contributed by atoms with E-state index in [1.807, 2.05) is 24.4 Å². The smallest absolute Gasteiger partial charge is 0.332 e. The number of ether oxygens (including phenoxy) is 1. The van der Waals surface area contributed by atoms with E-state index in [2.05, 4.69) is 0 Å². The van der Waals surface area contributed by atoms with E-state index >= 15 is 0 Å². The lowest BCUT2D eigenvalue weighted by molar-refractivity contribution is -0.137. The van der Waals surface area contributed by atoms with Crippen molar-refractivity contribution >= 4 is 23.0 Å². The quantitative estimate of drug-likeness (QED) is 0.595. The Morgan fingerprint density at radius 1 is 1.40 bits per heavy atom. The Balaban J connectivity index is 1.91. The molecule has 1 aromatic carbocycles. The summed E-state index contributed by atoms with van der Waals surface area (Å²) in [5, 5.41) is 8.52. The molecule has 2 heterocycles. The van der Waals surface area contributed by atoms with Gasteiger partial charge in [0.05, 0.1) is 23.7 Å². The van der Waals surface area contributed by atoms with Gasteiger partial charge in [0.15, 0.2) is 0 Å². The third-order valence-electron chi connectivity index (χ3n) is 3.98. The molecule has 130 valence electrons. The van der Waals surface area contributed by atoms with Crippen molar-refractivity contribution < 1.29 is 13.9 Å². The van der Waals surface area contributed by atoms with Crippen LogP contribution < -0.4 is 0 Å². The lowest BCUT2D eigenvalue weighted by Crippen LogP contribution is -2.18. The maximum Gasteiger partial charge on any atom is 0.332 e. The Morgan fingerprint density at radius 3 is 2.80 bits per heavy atom. The van der Waals surface area contributed by atoms with Gasteiger partial charge in [-0.3, -0.25) is 5.01 Å². The van der Waals surface area contributed by atoms with Gasteiger partial charge in [0.1, 0.15) is 5.82 Å². The molecule has 6 heteroatoms. The van der Waals surface area contributed by atoms with Crippen molar-refractivity contribution in [1.82, 2.24) is 5.01 Å². The summed E-state index contributed by atoms with van der Waals surface area (Å²) in [4.78, 5) is 12.8. The van der Waals surface area contributed by atoms with E-state index in [0.717, 1.165) is 21.8 Å². The van der Waals surface area contributed by atoms with E-state index in [1.54, 1.807) is 35.4 Å². The van der Waals surface area contributed by atoms with Crippen LogP contribution in [0.2, 0.25) is 0 Å². The number of allylic oxidation sites excluding steroid dienone is 1. The van der Waals surface area contributed by atoms with Crippen LogP contribution in [0.15, 0.2) is 58.7 Å². The van der Waals surface area contributed by atoms with Crippen LogP contribution in [0.3, 0.4) is 0 Å². The van der Waals surface area contributed by atoms with Gasteiger partial charge in [-0.15, -0.1) is 11.3 Å². The fraction of sp³-hybridized carbons (Fsp3) is 0.263. The lowest BCUT2D eigenvalue weighted by atomic mass is 9.94. The maximum atomic E-state index is 13.3. The molecule has 1 atom stereocenters. The van der Waals surface area contributed by atoms with Gasteiger partial charge in [-0.1, -0.05) is 18.2 Å². The third-order valence-corrected chi connectivity index (χ3v) is 4.87. The average Bonchev–Trinajstić information content (AvgIpc) is 3.25. The van der Waals surface area contributed by atoms with E-state index in [9.17, 15) is 9.18 Å². The number of thiophene rings is 1. The Bertz CT molecular complexity index is 797. The van der Waals surface area contributed by atoms with Crippen LogP contribution in [0.4, 0.5) is 4.39 Å². The summed E-state index contributed by atoms with van der Waals surface area (Å²) in [6.45, 7) is 4.54. The fourth-order valence-corrected chi connectivity index (χ4v) is 3.52. The molecular formula is C19H19FN2O2S. The fourth-order valence-electron chi connectivity index (χ4n) is 2.76. The van der Waals surface area contributed by atoms with Crippen molar-refractivity contribution in [2.24, 2.45) is 5.10 Å². The largest absolute Gasteiger partial charge is 0.463 e. The summed E-state index contributed by atoms with van der Waals surface area (Å²) in [6, 6.07) is 10.5. The van der Waals surface area contributed by atoms with Crippen molar-refractivity contribution in [1.29, 1.82) is 0 Å². The van der Waals surface area contributed by atoms with Crippen LogP contribution in [-0.2, 0) is 9.53 Å². The minimum atomic E-state index is -0.377. The number of benzene rings is 1. The van der Waals surface area contributed by atoms with E-state index in [4.69, 9.17) is 9.84 Å². The number of carbonyl (C=O) groups excluding carboxylic acids is 1. The zero-order chi connectivity index (χ0) is 17.8. The highest BCUT2D eigenvalue weighted by atomic mass is 32.1. The van der Waals surface area contributed by atoms with Gasteiger partial charge in [0.25, 0.3) is 0 Å². The number of hydrazone groups is 1. The zero-order valence-electron chi connectivity index (χ0n) is 14.1. The molecule has 2 aromatic rings. The molecule has 1 aromatic heterocycles. The van der Waals surface area contributed by atoms with Crippen LogP contribution in [-0.4, -0.2) is 29.8 Å². The molecule has 0 aliphatic carbocycles. The molecule has 0 fully saturated rings. The van der Waals surface area contributed by atoms with Crippen LogP contribution in [0.25, 0.3) is 0 Å². The second-order valence-corrected chi connectivity index (χ2v) is 6.63. The Hall–Kier alpha value is -2.47. The van der Waals surface area contributed by atoms with E-state index in [1.165, 1.54) is 18.2 Å². The molecule has 3 rings (SSSR count). The van der Waals surface area contributed by atoms with Crippen molar-refractivity contribution in [3.05, 3.63) is 69.8 Å². The molecule has 25 heavy (non-hydrogen) atoms. The van der Waals surface area contributed by atoms with Gasteiger partial charge >= 0.3 is 5.97 Å². The Morgan fingerprint density at radius 2 is 2.16 bits per heavy atom. The second kappa shape index (κ2) is 7.61. The van der Waals surface area contributed by atoms with Gasteiger partial charge in [-0.25, -0.2) is 9.18 Å². The van der Waals surface area contributed by atoms with E-state index < -0.39 is 0 Å². The Kier molecular flexibility index (Phi) is 5.28. The van der Waals surface area contributed by atoms with Crippen LogP contribution in [0, 0.1) is 5.82 Å². The predicted octanol–water partition coefficient (Wildman–Crippen LogP) is 4.16. The van der Waals surface area contributed by atoms with Crippen molar-refractivity contribution in [3.63, 3.8) is 0 Å². The first-order chi connectivity index (χ1) is 12.1. The number of rotatable bonds is 5. The predicted molar refractivity (Wildman–Crippen MR) is 97.1 cm³/mol. The normalized spacial score (nSPS) is 17.6. The molecule has 0 unspecified atom stereocenters. The molecule has 0 spiro atoms. The molecule has 1 aliphatic rings. The topological polar surface area (TPSA) is 41.9 Å². The standard InChI is InChI=1S/C19H19FN2O2S/c1-3-24-18(23)11-13(2)22-12-16(14-6-8-15(20)9-7-14)19(21-22)17-5-4-10-25-17/h4-11,16H,3,12H2,1-2H3/b13-11-/t16-/m0/s1. The first-order valence-corrected chi connectivity index (χ1v) is 8.97. The minimum Gasteiger partial charge on any atom is -0.463 e. The molecule has 0 radical (unpaired) electrons. The highest BCUT2D eigenvalue weighted by Crippen LogP contribution is 2.32. The number of hydrogen-bond acceptors (Lipinski definition) is 5. The number of carbonyl (C=O) groups is 1. The minimum absolute atomic E-state index is 0.0183. The van der Waals surface area contributed by atoms with Crippen molar-refractivity contribution in [2.45, 2.75) is 19.8 Å². The van der Waals surface area contributed by atoms with Crippen LogP contribution in [0.1, 0.15) is 30.2 Å². The van der Waals surface area contributed by atoms with Gasteiger partial charge in [0.2, 0.25) is 0 Å². The maximum absolute atomic E-state index is 13.3. The molecule has 1 aliphatic heterocycles. The zero-order valence-corrected chi connectivity index (χ0v) is 14.9. The molecule has 0 amide bonds. The number of esters is 1. The summed E-state index contributed by atoms with van der Waals surface area (Å²) in [7, 11) is 0. The first kappa shape index (κ1) is 17.4. The summed E-state index contributed by atoms with van der Waals surface area (Å²) >= 11 is 1.61. The molecule has 0 N–H and O–H groups in total. The van der Waals surface area contributed by atoms with Crippen molar-refractivity contribution in [2.75, 3.05) is 13.2 Å². The number of halogens is 1.